The first-order chi connectivity index (χ1) is 5.88. The molecule has 2 aliphatic rings. The molecule has 1 nitrogen and oxygen atoms in total. The van der Waals surface area contributed by atoms with Crippen molar-refractivity contribution in [1.82, 2.24) is 0 Å². The number of nitriles is 1. The largest absolute Gasteiger partial charge is 0.193 e. The molecule has 0 atom stereocenters. The number of allylic oxidation sites excluding steroid dienone is 6. The maximum atomic E-state index is 8.68. The van der Waals surface area contributed by atoms with E-state index >= 15 is 0 Å². The molecule has 2 aliphatic carbocycles. The molecule has 1 fully saturated rings. The summed E-state index contributed by atoms with van der Waals surface area (Å²) in [5.74, 6) is 0.808. The summed E-state index contributed by atoms with van der Waals surface area (Å²) in [6, 6.07) is 2.20. The average Bonchev–Trinajstić information content (AvgIpc) is 2.89. The van der Waals surface area contributed by atoms with Crippen LogP contribution in [0.2, 0.25) is 0 Å². The summed E-state index contributed by atoms with van der Waals surface area (Å²) in [7, 11) is 0. The predicted molar refractivity (Wildman–Crippen MR) is 48.3 cm³/mol. The van der Waals surface area contributed by atoms with Gasteiger partial charge in [-0.2, -0.15) is 5.26 Å². The van der Waals surface area contributed by atoms with E-state index in [2.05, 4.69) is 18.2 Å². The number of rotatable bonds is 1. The highest BCUT2D eigenvalue weighted by atomic mass is 14.3. The van der Waals surface area contributed by atoms with Crippen LogP contribution in [-0.4, -0.2) is 0 Å². The van der Waals surface area contributed by atoms with E-state index < -0.39 is 0 Å². The fourth-order valence-corrected chi connectivity index (χ4v) is 1.38. The molecule has 1 heteroatoms. The topological polar surface area (TPSA) is 23.8 Å². The van der Waals surface area contributed by atoms with Crippen molar-refractivity contribution in [1.29, 1.82) is 5.26 Å². The minimum Gasteiger partial charge on any atom is -0.193 e. The van der Waals surface area contributed by atoms with E-state index in [0.717, 1.165) is 17.9 Å². The van der Waals surface area contributed by atoms with Gasteiger partial charge in [0.25, 0.3) is 0 Å². The zero-order valence-corrected chi connectivity index (χ0v) is 6.96. The van der Waals surface area contributed by atoms with E-state index in [-0.39, 0.29) is 0 Å². The maximum Gasteiger partial charge on any atom is 0.0950 e. The van der Waals surface area contributed by atoms with Gasteiger partial charge in [0.15, 0.2) is 0 Å². The lowest BCUT2D eigenvalue weighted by atomic mass is 10.00. The Labute approximate surface area is 72.7 Å². The molecule has 0 spiro atoms. The molecule has 0 radical (unpaired) electrons. The summed E-state index contributed by atoms with van der Waals surface area (Å²) < 4.78 is 0. The third-order valence-corrected chi connectivity index (χ3v) is 2.22. The van der Waals surface area contributed by atoms with Crippen LogP contribution < -0.4 is 0 Å². The van der Waals surface area contributed by atoms with Gasteiger partial charge in [-0.05, 0) is 30.4 Å². The highest BCUT2D eigenvalue weighted by Gasteiger charge is 2.19. The minimum absolute atomic E-state index is 0.808. The molecule has 0 unspecified atom stereocenters. The van der Waals surface area contributed by atoms with Crippen molar-refractivity contribution in [2.24, 2.45) is 5.92 Å². The standard InChI is InChI=1S/C11H11N/c12-8-11-3-1-2-10(7-11)6-9-4-5-9/h1-3,6,9H,4-5,7H2. The minimum atomic E-state index is 0.808. The third kappa shape index (κ3) is 1.65. The van der Waals surface area contributed by atoms with Gasteiger partial charge in [0.2, 0.25) is 0 Å². The van der Waals surface area contributed by atoms with Crippen LogP contribution >= 0.6 is 0 Å². The fraction of sp³-hybridized carbons (Fsp3) is 0.364. The summed E-state index contributed by atoms with van der Waals surface area (Å²) in [6.07, 6.45) is 11.8. The lowest BCUT2D eigenvalue weighted by Gasteiger charge is -2.04. The van der Waals surface area contributed by atoms with Gasteiger partial charge in [0.1, 0.15) is 0 Å². The quantitative estimate of drug-likeness (QED) is 0.574. The highest BCUT2D eigenvalue weighted by molar-refractivity contribution is 5.40. The van der Waals surface area contributed by atoms with Crippen LogP contribution in [0.4, 0.5) is 0 Å². The molecule has 0 aromatic carbocycles. The van der Waals surface area contributed by atoms with Crippen LogP contribution in [0.15, 0.2) is 35.5 Å². The summed E-state index contributed by atoms with van der Waals surface area (Å²) in [4.78, 5) is 0. The Balaban J connectivity index is 2.09. The van der Waals surface area contributed by atoms with Gasteiger partial charge < -0.3 is 0 Å². The van der Waals surface area contributed by atoms with Crippen molar-refractivity contribution in [2.45, 2.75) is 19.3 Å². The summed E-state index contributed by atoms with van der Waals surface area (Å²) in [6.45, 7) is 0. The summed E-state index contributed by atoms with van der Waals surface area (Å²) in [5, 5.41) is 8.68. The van der Waals surface area contributed by atoms with Crippen LogP contribution in [0.1, 0.15) is 19.3 Å². The third-order valence-electron chi connectivity index (χ3n) is 2.22. The molecule has 1 saturated carbocycles. The van der Waals surface area contributed by atoms with Crippen molar-refractivity contribution in [3.05, 3.63) is 35.5 Å². The van der Waals surface area contributed by atoms with E-state index in [9.17, 15) is 0 Å². The molecule has 12 heavy (non-hydrogen) atoms. The summed E-state index contributed by atoms with van der Waals surface area (Å²) >= 11 is 0. The first kappa shape index (κ1) is 7.36. The van der Waals surface area contributed by atoms with Crippen LogP contribution in [-0.2, 0) is 0 Å². The molecule has 0 bridgehead atoms. The van der Waals surface area contributed by atoms with Crippen LogP contribution in [0.5, 0.6) is 0 Å². The number of hydrogen-bond acceptors (Lipinski definition) is 1. The molecular formula is C11H11N. The molecule has 0 amide bonds. The molecule has 0 aromatic rings. The first-order valence-corrected chi connectivity index (χ1v) is 4.36. The zero-order valence-electron chi connectivity index (χ0n) is 6.96. The molecule has 60 valence electrons. The molecule has 0 heterocycles. The number of nitrogens with zero attached hydrogens (tertiary/aromatic N) is 1. The van der Waals surface area contributed by atoms with Crippen molar-refractivity contribution >= 4 is 0 Å². The van der Waals surface area contributed by atoms with E-state index in [1.54, 1.807) is 0 Å². The second-order valence-corrected chi connectivity index (χ2v) is 3.42. The van der Waals surface area contributed by atoms with Crippen molar-refractivity contribution in [3.63, 3.8) is 0 Å². The first-order valence-electron chi connectivity index (χ1n) is 4.36. The Morgan fingerprint density at radius 2 is 2.33 bits per heavy atom. The van der Waals surface area contributed by atoms with E-state index in [0.29, 0.717) is 0 Å². The van der Waals surface area contributed by atoms with Gasteiger partial charge in [0.05, 0.1) is 6.07 Å². The SMILES string of the molecule is N#CC1=CC=CC(=CC2CC2)C1. The molecule has 0 N–H and O–H groups in total. The van der Waals surface area contributed by atoms with Gasteiger partial charge in [-0.3, -0.25) is 0 Å². The van der Waals surface area contributed by atoms with E-state index in [1.165, 1.54) is 18.4 Å². The molecule has 0 aromatic heterocycles. The zero-order chi connectivity index (χ0) is 8.39. The Bertz CT molecular complexity index is 308. The van der Waals surface area contributed by atoms with Crippen molar-refractivity contribution < 1.29 is 0 Å². The maximum absolute atomic E-state index is 8.68. The van der Waals surface area contributed by atoms with Gasteiger partial charge in [-0.1, -0.05) is 18.2 Å². The monoisotopic (exact) mass is 157 g/mol. The van der Waals surface area contributed by atoms with Gasteiger partial charge in [-0.15, -0.1) is 0 Å². The Kier molecular flexibility index (Phi) is 1.83. The van der Waals surface area contributed by atoms with Gasteiger partial charge in [0, 0.05) is 12.0 Å². The molecule has 0 saturated heterocycles. The van der Waals surface area contributed by atoms with E-state index in [1.807, 2.05) is 12.2 Å². The Morgan fingerprint density at radius 3 is 3.00 bits per heavy atom. The van der Waals surface area contributed by atoms with Crippen LogP contribution in [0.3, 0.4) is 0 Å². The Morgan fingerprint density at radius 1 is 1.50 bits per heavy atom. The Hall–Kier alpha value is -1.29. The van der Waals surface area contributed by atoms with Crippen LogP contribution in [0, 0.1) is 17.2 Å². The normalized spacial score (nSPS) is 25.2. The van der Waals surface area contributed by atoms with Gasteiger partial charge in [-0.25, -0.2) is 0 Å². The summed E-state index contributed by atoms with van der Waals surface area (Å²) in [5.41, 5.74) is 2.20. The molecule has 2 rings (SSSR count). The average molecular weight is 157 g/mol. The second-order valence-electron chi connectivity index (χ2n) is 3.42. The number of hydrogen-bond donors (Lipinski definition) is 0. The highest BCUT2D eigenvalue weighted by Crippen LogP contribution is 2.33. The van der Waals surface area contributed by atoms with Crippen LogP contribution in [0.25, 0.3) is 0 Å². The lowest BCUT2D eigenvalue weighted by molar-refractivity contribution is 1.06. The lowest BCUT2D eigenvalue weighted by Crippen LogP contribution is -1.88. The van der Waals surface area contributed by atoms with Gasteiger partial charge >= 0.3 is 0 Å². The predicted octanol–water partition coefficient (Wildman–Crippen LogP) is 2.73. The van der Waals surface area contributed by atoms with Crippen molar-refractivity contribution in [3.8, 4) is 6.07 Å². The molecule has 0 aliphatic heterocycles. The molecular weight excluding hydrogens is 146 g/mol. The van der Waals surface area contributed by atoms with E-state index in [4.69, 9.17) is 5.26 Å². The van der Waals surface area contributed by atoms with Crippen molar-refractivity contribution in [2.75, 3.05) is 0 Å². The smallest absolute Gasteiger partial charge is 0.0950 e. The fourth-order valence-electron chi connectivity index (χ4n) is 1.38. The second kappa shape index (κ2) is 2.98.